The molecule has 1 aliphatic carbocycles. The molecule has 1 aliphatic heterocycles. The second kappa shape index (κ2) is 5.27. The van der Waals surface area contributed by atoms with Crippen LogP contribution in [0.15, 0.2) is 36.4 Å². The Labute approximate surface area is 150 Å². The minimum absolute atomic E-state index is 0.350. The molecule has 0 spiro atoms. The summed E-state index contributed by atoms with van der Waals surface area (Å²) in [5, 5.41) is 2.39. The van der Waals surface area contributed by atoms with E-state index in [1.165, 1.54) is 27.4 Å². The Hall–Kier alpha value is -1.96. The Bertz CT molecular complexity index is 945. The predicted molar refractivity (Wildman–Crippen MR) is 108 cm³/mol. The summed E-state index contributed by atoms with van der Waals surface area (Å²) in [5.74, 6) is -0.350. The van der Waals surface area contributed by atoms with Crippen molar-refractivity contribution in [1.29, 1.82) is 0 Å². The summed E-state index contributed by atoms with van der Waals surface area (Å²) < 4.78 is 6.63. The fourth-order valence-corrected chi connectivity index (χ4v) is 15.5. The van der Waals surface area contributed by atoms with Gasteiger partial charge in [-0.1, -0.05) is 36.4 Å². The lowest BCUT2D eigenvalue weighted by molar-refractivity contribution is 0.100. The van der Waals surface area contributed by atoms with Gasteiger partial charge in [-0.3, -0.25) is 4.79 Å². The summed E-state index contributed by atoms with van der Waals surface area (Å²) in [7, 11) is -4.25. The first-order chi connectivity index (χ1) is 11.7. The summed E-state index contributed by atoms with van der Waals surface area (Å²) in [6, 6.07) is 10.5. The molecule has 0 saturated carbocycles. The summed E-state index contributed by atoms with van der Waals surface area (Å²) in [6.45, 7) is 8.83. The number of carbonyl (C=O) groups is 1. The maximum absolute atomic E-state index is 12.1. The van der Waals surface area contributed by atoms with Crippen LogP contribution in [0.5, 0.6) is 0 Å². The Morgan fingerprint density at radius 2 is 1.72 bits per heavy atom. The molecular formula is C20H23NO2Si2. The molecule has 0 bridgehead atoms. The largest absolute Gasteiger partial charge is 0.449 e. The third-order valence-corrected chi connectivity index (χ3v) is 13.1. The third kappa shape index (κ3) is 2.38. The van der Waals surface area contributed by atoms with Crippen LogP contribution in [0.3, 0.4) is 0 Å². The van der Waals surface area contributed by atoms with Gasteiger partial charge in [0.25, 0.3) is 0 Å². The van der Waals surface area contributed by atoms with E-state index in [1.807, 2.05) is 6.07 Å². The van der Waals surface area contributed by atoms with Gasteiger partial charge in [-0.15, -0.1) is 0 Å². The van der Waals surface area contributed by atoms with E-state index in [2.05, 4.69) is 62.6 Å². The molecule has 5 heteroatoms. The molecule has 1 amide bonds. The molecule has 4 rings (SSSR count). The molecule has 2 aromatic rings. The van der Waals surface area contributed by atoms with Crippen molar-refractivity contribution in [1.82, 2.24) is 0 Å². The van der Waals surface area contributed by atoms with Gasteiger partial charge in [-0.05, 0) is 71.3 Å². The Kier molecular flexibility index (Phi) is 3.48. The highest BCUT2D eigenvalue weighted by atomic mass is 28.4. The molecule has 0 saturated heterocycles. The number of carbonyl (C=O) groups excluding carboxylic acids is 1. The van der Waals surface area contributed by atoms with Crippen molar-refractivity contribution in [3.05, 3.63) is 53.1 Å². The monoisotopic (exact) mass is 365 g/mol. The van der Waals surface area contributed by atoms with E-state index in [0.717, 1.165) is 11.6 Å². The van der Waals surface area contributed by atoms with Gasteiger partial charge in [0, 0.05) is 5.56 Å². The van der Waals surface area contributed by atoms with Crippen LogP contribution in [0.1, 0.15) is 21.5 Å². The van der Waals surface area contributed by atoms with Crippen LogP contribution in [0.2, 0.25) is 26.2 Å². The molecule has 3 nitrogen and oxygen atoms in total. The van der Waals surface area contributed by atoms with Gasteiger partial charge in [0.1, 0.15) is 0 Å². The van der Waals surface area contributed by atoms with Crippen LogP contribution < -0.4 is 16.1 Å². The molecule has 128 valence electrons. The molecule has 0 atom stereocenters. The van der Waals surface area contributed by atoms with Crippen LogP contribution in [0, 0.1) is 0 Å². The predicted octanol–water partition coefficient (Wildman–Crippen LogP) is 2.88. The van der Waals surface area contributed by atoms with Crippen LogP contribution >= 0.6 is 0 Å². The van der Waals surface area contributed by atoms with Crippen molar-refractivity contribution in [2.45, 2.75) is 32.6 Å². The molecule has 0 fully saturated rings. The molecule has 0 radical (unpaired) electrons. The molecular weight excluding hydrogens is 342 g/mol. The highest BCUT2D eigenvalue weighted by molar-refractivity contribution is 7.06. The van der Waals surface area contributed by atoms with E-state index in [-0.39, 0.29) is 5.91 Å². The molecule has 0 aromatic heterocycles. The van der Waals surface area contributed by atoms with E-state index >= 15 is 0 Å². The molecule has 2 N–H and O–H groups in total. The normalized spacial score (nSPS) is 18.9. The first kappa shape index (κ1) is 16.5. The number of nitrogens with two attached hydrogens (primary N) is 1. The first-order valence-electron chi connectivity index (χ1n) is 8.69. The smallest absolute Gasteiger partial charge is 0.248 e. The van der Waals surface area contributed by atoms with E-state index in [1.54, 1.807) is 0 Å². The van der Waals surface area contributed by atoms with E-state index < -0.39 is 16.6 Å². The zero-order valence-corrected chi connectivity index (χ0v) is 17.1. The summed E-state index contributed by atoms with van der Waals surface area (Å²) in [6.07, 6.45) is 5.41. The van der Waals surface area contributed by atoms with Crippen LogP contribution in [0.25, 0.3) is 17.2 Å². The lowest BCUT2D eigenvalue weighted by Crippen LogP contribution is -2.49. The van der Waals surface area contributed by atoms with Crippen LogP contribution in [0.4, 0.5) is 0 Å². The molecule has 2 aromatic carbocycles. The van der Waals surface area contributed by atoms with Crippen molar-refractivity contribution in [2.75, 3.05) is 0 Å². The summed E-state index contributed by atoms with van der Waals surface area (Å²) in [4.78, 5) is 12.1. The topological polar surface area (TPSA) is 52.3 Å². The maximum Gasteiger partial charge on any atom is 0.248 e. The number of amides is 1. The second-order valence-electron chi connectivity index (χ2n) is 7.88. The average Bonchev–Trinajstić information content (AvgIpc) is 3.07. The number of hydrogen-bond acceptors (Lipinski definition) is 2. The molecule has 1 heterocycles. The van der Waals surface area contributed by atoms with E-state index in [0.29, 0.717) is 5.56 Å². The summed E-state index contributed by atoms with van der Waals surface area (Å²) in [5.41, 5.74) is 11.5. The lowest BCUT2D eigenvalue weighted by Gasteiger charge is -2.23. The fraction of sp³-hybridized carbons (Fsp3) is 0.250. The quantitative estimate of drug-likeness (QED) is 0.832. The zero-order chi connectivity index (χ0) is 18.0. The minimum atomic E-state index is -2.15. The van der Waals surface area contributed by atoms with E-state index in [4.69, 9.17) is 9.85 Å². The van der Waals surface area contributed by atoms with Crippen molar-refractivity contribution in [2.24, 2.45) is 5.73 Å². The van der Waals surface area contributed by atoms with Gasteiger partial charge in [0.15, 0.2) is 0 Å². The number of fused-ring (bicyclic) bond motifs is 2. The van der Waals surface area contributed by atoms with Crippen LogP contribution in [-0.4, -0.2) is 22.5 Å². The number of hydrogen-bond donors (Lipinski definition) is 1. The van der Waals surface area contributed by atoms with Crippen molar-refractivity contribution in [3.63, 3.8) is 0 Å². The standard InChI is InChI=1S/C20H23NO2Si2/c1-24(2)18-16(15-10-6-8-13-7-5-9-14(13)15)11-12-17(20(21)22)19(18)25(3,4)23-24/h5-6,8-12H,7H2,1-4H3,(H2,21,22). The van der Waals surface area contributed by atoms with E-state index in [9.17, 15) is 4.79 Å². The van der Waals surface area contributed by atoms with Crippen molar-refractivity contribution >= 4 is 39.0 Å². The number of allylic oxidation sites excluding steroid dienone is 1. The summed E-state index contributed by atoms with van der Waals surface area (Å²) >= 11 is 0. The number of primary amides is 1. The van der Waals surface area contributed by atoms with Crippen molar-refractivity contribution < 1.29 is 8.91 Å². The Morgan fingerprint density at radius 3 is 2.44 bits per heavy atom. The maximum atomic E-state index is 12.1. The van der Waals surface area contributed by atoms with Gasteiger partial charge >= 0.3 is 0 Å². The lowest BCUT2D eigenvalue weighted by atomic mass is 9.96. The number of rotatable bonds is 2. The van der Waals surface area contributed by atoms with Gasteiger partial charge in [-0.25, -0.2) is 0 Å². The van der Waals surface area contributed by atoms with Gasteiger partial charge in [-0.2, -0.15) is 0 Å². The van der Waals surface area contributed by atoms with Crippen LogP contribution in [-0.2, 0) is 10.5 Å². The highest BCUT2D eigenvalue weighted by Gasteiger charge is 2.49. The van der Waals surface area contributed by atoms with Crippen molar-refractivity contribution in [3.8, 4) is 11.1 Å². The molecule has 25 heavy (non-hydrogen) atoms. The van der Waals surface area contributed by atoms with Gasteiger partial charge < -0.3 is 9.85 Å². The SMILES string of the molecule is C[Si]1(C)O[Si](C)(C)c2c(-c3cccc4c3C=CC4)ccc(C(N)=O)c21. The second-order valence-corrected chi connectivity index (χ2v) is 15.7. The Morgan fingerprint density at radius 1 is 1.00 bits per heavy atom. The first-order valence-corrected chi connectivity index (χ1v) is 14.5. The third-order valence-electron chi connectivity index (χ3n) is 5.29. The molecule has 0 unspecified atom stereocenters. The molecule has 2 aliphatic rings. The average molecular weight is 366 g/mol. The van der Waals surface area contributed by atoms with Gasteiger partial charge in [0.2, 0.25) is 22.5 Å². The highest BCUT2D eigenvalue weighted by Crippen LogP contribution is 2.34. The zero-order valence-electron chi connectivity index (χ0n) is 15.1. The number of benzene rings is 2. The fourth-order valence-electron chi connectivity index (χ4n) is 4.55. The Balaban J connectivity index is 2.08. The van der Waals surface area contributed by atoms with Gasteiger partial charge in [0.05, 0.1) is 0 Å². The minimum Gasteiger partial charge on any atom is -0.449 e.